The van der Waals surface area contributed by atoms with Gasteiger partial charge in [0.05, 0.1) is 31.0 Å². The Hall–Kier alpha value is -3.65. The smallest absolute Gasteiger partial charge is 0.335 e. The molecule has 7 nitrogen and oxygen atoms in total. The number of thiocarbonyl (C=S) groups is 1. The van der Waals surface area contributed by atoms with Gasteiger partial charge in [-0.2, -0.15) is 0 Å². The minimum atomic E-state index is -1.09. The van der Waals surface area contributed by atoms with Crippen molar-refractivity contribution >= 4 is 45.7 Å². The molecule has 0 atom stereocenters. The molecule has 1 amide bonds. The summed E-state index contributed by atoms with van der Waals surface area (Å²) in [6.07, 6.45) is 0. The van der Waals surface area contributed by atoms with Gasteiger partial charge in [-0.25, -0.2) is 4.79 Å². The average Bonchev–Trinajstić information content (AvgIpc) is 2.72. The fraction of sp³-hybridized carbons (Fsp3) is 0.0952. The standard InChI is InChI=1S/C21H18N2O5S/c1-27-17-8-7-14(20(25)26)10-16(17)22-21(29)23-19(24)15-9-12-5-3-4-6-13(12)11-18(15)28-2/h3-11H,1-2H3,(H,25,26)(H2,22,23,24,29). The van der Waals surface area contributed by atoms with Crippen LogP contribution in [-0.4, -0.2) is 36.3 Å². The number of fused-ring (bicyclic) bond motifs is 1. The fourth-order valence-electron chi connectivity index (χ4n) is 2.83. The molecule has 0 aromatic heterocycles. The van der Waals surface area contributed by atoms with E-state index in [2.05, 4.69) is 10.6 Å². The second-order valence-electron chi connectivity index (χ2n) is 6.03. The summed E-state index contributed by atoms with van der Waals surface area (Å²) < 4.78 is 10.6. The molecule has 3 aromatic carbocycles. The molecule has 0 aliphatic rings. The van der Waals surface area contributed by atoms with Crippen LogP contribution in [0.3, 0.4) is 0 Å². The molecule has 0 saturated heterocycles. The zero-order chi connectivity index (χ0) is 21.0. The van der Waals surface area contributed by atoms with Crippen molar-refractivity contribution in [3.63, 3.8) is 0 Å². The highest BCUT2D eigenvalue weighted by Gasteiger charge is 2.16. The van der Waals surface area contributed by atoms with Gasteiger partial charge in [0.15, 0.2) is 5.11 Å². The molecule has 0 spiro atoms. The molecule has 3 N–H and O–H groups in total. The van der Waals surface area contributed by atoms with Gasteiger partial charge in [0.25, 0.3) is 5.91 Å². The number of benzene rings is 3. The predicted molar refractivity (Wildman–Crippen MR) is 114 cm³/mol. The summed E-state index contributed by atoms with van der Waals surface area (Å²) in [6.45, 7) is 0. The normalized spacial score (nSPS) is 10.3. The Morgan fingerprint density at radius 2 is 1.59 bits per heavy atom. The van der Waals surface area contributed by atoms with Crippen molar-refractivity contribution in [2.24, 2.45) is 0 Å². The van der Waals surface area contributed by atoms with E-state index in [9.17, 15) is 9.59 Å². The number of carboxylic acids is 1. The summed E-state index contributed by atoms with van der Waals surface area (Å²) in [4.78, 5) is 23.9. The molecule has 0 radical (unpaired) electrons. The Balaban J connectivity index is 1.83. The number of nitrogens with one attached hydrogen (secondary N) is 2. The van der Waals surface area contributed by atoms with E-state index >= 15 is 0 Å². The van der Waals surface area contributed by atoms with Crippen LogP contribution in [0.5, 0.6) is 11.5 Å². The Kier molecular flexibility index (Phi) is 5.94. The summed E-state index contributed by atoms with van der Waals surface area (Å²) in [5.41, 5.74) is 0.698. The minimum Gasteiger partial charge on any atom is -0.496 e. The molecule has 0 bridgehead atoms. The first-order chi connectivity index (χ1) is 13.9. The lowest BCUT2D eigenvalue weighted by Gasteiger charge is -2.15. The number of anilines is 1. The highest BCUT2D eigenvalue weighted by atomic mass is 32.1. The Bertz CT molecular complexity index is 1110. The van der Waals surface area contributed by atoms with E-state index < -0.39 is 11.9 Å². The number of rotatable bonds is 5. The number of aromatic carboxylic acids is 1. The second-order valence-corrected chi connectivity index (χ2v) is 6.44. The minimum absolute atomic E-state index is 0.00829. The molecule has 3 rings (SSSR count). The molecule has 3 aromatic rings. The van der Waals surface area contributed by atoms with Crippen molar-refractivity contribution in [2.45, 2.75) is 0 Å². The van der Waals surface area contributed by atoms with Crippen LogP contribution in [0.15, 0.2) is 54.6 Å². The zero-order valence-corrected chi connectivity index (χ0v) is 16.5. The van der Waals surface area contributed by atoms with Crippen molar-refractivity contribution in [3.05, 3.63) is 65.7 Å². The quantitative estimate of drug-likeness (QED) is 0.552. The van der Waals surface area contributed by atoms with Crippen LogP contribution in [0, 0.1) is 0 Å². The van der Waals surface area contributed by atoms with Gasteiger partial charge >= 0.3 is 5.97 Å². The average molecular weight is 410 g/mol. The summed E-state index contributed by atoms with van der Waals surface area (Å²) in [6, 6.07) is 15.4. The van der Waals surface area contributed by atoms with Crippen molar-refractivity contribution in [3.8, 4) is 11.5 Å². The van der Waals surface area contributed by atoms with Crippen LogP contribution in [0.4, 0.5) is 5.69 Å². The number of amides is 1. The highest BCUT2D eigenvalue weighted by Crippen LogP contribution is 2.27. The Morgan fingerprint density at radius 3 is 2.21 bits per heavy atom. The largest absolute Gasteiger partial charge is 0.496 e. The molecule has 0 heterocycles. The Labute approximate surface area is 172 Å². The van der Waals surface area contributed by atoms with E-state index in [-0.39, 0.29) is 10.7 Å². The van der Waals surface area contributed by atoms with Gasteiger partial charge in [0.1, 0.15) is 11.5 Å². The summed E-state index contributed by atoms with van der Waals surface area (Å²) in [5.74, 6) is -0.755. The summed E-state index contributed by atoms with van der Waals surface area (Å²) >= 11 is 5.22. The van der Waals surface area contributed by atoms with Gasteiger partial charge in [-0.05, 0) is 53.3 Å². The molecule has 8 heteroatoms. The van der Waals surface area contributed by atoms with E-state index in [0.717, 1.165) is 10.8 Å². The number of carbonyl (C=O) groups is 2. The van der Waals surface area contributed by atoms with Crippen LogP contribution in [0.25, 0.3) is 10.8 Å². The van der Waals surface area contributed by atoms with Crippen LogP contribution >= 0.6 is 12.2 Å². The van der Waals surface area contributed by atoms with Crippen molar-refractivity contribution in [1.82, 2.24) is 5.32 Å². The number of methoxy groups -OCH3 is 2. The predicted octanol–water partition coefficient (Wildman–Crippen LogP) is 3.68. The van der Waals surface area contributed by atoms with E-state index in [1.807, 2.05) is 24.3 Å². The maximum atomic E-state index is 12.8. The topological polar surface area (TPSA) is 96.9 Å². The van der Waals surface area contributed by atoms with Crippen LogP contribution in [0.2, 0.25) is 0 Å². The molecular formula is C21H18N2O5S. The Morgan fingerprint density at radius 1 is 0.931 bits per heavy atom. The van der Waals surface area contributed by atoms with Gasteiger partial charge < -0.3 is 19.9 Å². The number of carbonyl (C=O) groups excluding carboxylic acids is 1. The SMILES string of the molecule is COc1ccc(C(=O)O)cc1NC(=S)NC(=O)c1cc2ccccc2cc1OC. The summed E-state index contributed by atoms with van der Waals surface area (Å²) in [5, 5.41) is 16.4. The number of ether oxygens (including phenoxy) is 2. The monoisotopic (exact) mass is 410 g/mol. The molecule has 0 aliphatic heterocycles. The lowest BCUT2D eigenvalue weighted by Crippen LogP contribution is -2.34. The third kappa shape index (κ3) is 4.44. The lowest BCUT2D eigenvalue weighted by molar-refractivity contribution is 0.0696. The van der Waals surface area contributed by atoms with E-state index in [1.165, 1.54) is 32.4 Å². The third-order valence-corrected chi connectivity index (χ3v) is 4.44. The third-order valence-electron chi connectivity index (χ3n) is 4.23. The lowest BCUT2D eigenvalue weighted by atomic mass is 10.1. The molecule has 0 unspecified atom stereocenters. The molecule has 0 aliphatic carbocycles. The molecule has 29 heavy (non-hydrogen) atoms. The first-order valence-corrected chi connectivity index (χ1v) is 8.94. The van der Waals surface area contributed by atoms with Gasteiger partial charge in [-0.3, -0.25) is 10.1 Å². The van der Waals surface area contributed by atoms with Crippen molar-refractivity contribution in [1.29, 1.82) is 0 Å². The first-order valence-electron chi connectivity index (χ1n) is 8.53. The first kappa shape index (κ1) is 20.1. The van der Waals surface area contributed by atoms with Crippen molar-refractivity contribution in [2.75, 3.05) is 19.5 Å². The van der Waals surface area contributed by atoms with E-state index in [0.29, 0.717) is 22.7 Å². The summed E-state index contributed by atoms with van der Waals surface area (Å²) in [7, 11) is 2.93. The maximum absolute atomic E-state index is 12.8. The van der Waals surface area contributed by atoms with Gasteiger partial charge in [-0.15, -0.1) is 0 Å². The maximum Gasteiger partial charge on any atom is 0.335 e. The van der Waals surface area contributed by atoms with Crippen LogP contribution in [0.1, 0.15) is 20.7 Å². The van der Waals surface area contributed by atoms with Crippen LogP contribution < -0.4 is 20.1 Å². The van der Waals surface area contributed by atoms with Gasteiger partial charge in [-0.1, -0.05) is 24.3 Å². The molecular weight excluding hydrogens is 392 g/mol. The van der Waals surface area contributed by atoms with E-state index in [1.54, 1.807) is 12.1 Å². The van der Waals surface area contributed by atoms with Gasteiger partial charge in [0.2, 0.25) is 0 Å². The van der Waals surface area contributed by atoms with E-state index in [4.69, 9.17) is 26.8 Å². The van der Waals surface area contributed by atoms with Crippen LogP contribution in [-0.2, 0) is 0 Å². The molecule has 0 saturated carbocycles. The van der Waals surface area contributed by atoms with Crippen molar-refractivity contribution < 1.29 is 24.2 Å². The second kappa shape index (κ2) is 8.57. The number of hydrogen-bond acceptors (Lipinski definition) is 5. The molecule has 148 valence electrons. The number of hydrogen-bond donors (Lipinski definition) is 3. The fourth-order valence-corrected chi connectivity index (χ4v) is 3.03. The number of carboxylic acid groups (broad SMARTS) is 1. The highest BCUT2D eigenvalue weighted by molar-refractivity contribution is 7.80. The molecule has 0 fully saturated rings. The zero-order valence-electron chi connectivity index (χ0n) is 15.7. The van der Waals surface area contributed by atoms with Gasteiger partial charge in [0, 0.05) is 0 Å².